The van der Waals surface area contributed by atoms with Gasteiger partial charge < -0.3 is 19.5 Å². The molecule has 0 bridgehead atoms. The molecule has 1 atom stereocenters. The first-order valence-electron chi connectivity index (χ1n) is 6.71. The van der Waals surface area contributed by atoms with Crippen molar-refractivity contribution < 1.29 is 14.2 Å². The van der Waals surface area contributed by atoms with E-state index in [0.29, 0.717) is 12.6 Å². The van der Waals surface area contributed by atoms with Gasteiger partial charge in [0.05, 0.1) is 7.11 Å². The maximum Gasteiger partial charge on any atom is 0.169 e. The average Bonchev–Trinajstić information content (AvgIpc) is 3.29. The Morgan fingerprint density at radius 3 is 2.21 bits per heavy atom. The normalized spacial score (nSPS) is 16.6. The molecular formula is C15H23NO3. The zero-order chi connectivity index (χ0) is 13.7. The zero-order valence-corrected chi connectivity index (χ0v) is 11.9. The number of methoxy groups -OCH3 is 3. The van der Waals surface area contributed by atoms with Gasteiger partial charge in [-0.05, 0) is 36.5 Å². The van der Waals surface area contributed by atoms with Crippen LogP contribution < -0.4 is 10.1 Å². The van der Waals surface area contributed by atoms with Gasteiger partial charge >= 0.3 is 0 Å². The molecule has 1 fully saturated rings. The van der Waals surface area contributed by atoms with Crippen LogP contribution >= 0.6 is 0 Å². The Morgan fingerprint density at radius 1 is 1.11 bits per heavy atom. The van der Waals surface area contributed by atoms with Crippen molar-refractivity contribution in [3.05, 3.63) is 29.8 Å². The third-order valence-electron chi connectivity index (χ3n) is 3.60. The molecule has 0 saturated heterocycles. The third kappa shape index (κ3) is 3.93. The van der Waals surface area contributed by atoms with Crippen molar-refractivity contribution in [3.63, 3.8) is 0 Å². The molecule has 1 aromatic carbocycles. The lowest BCUT2D eigenvalue weighted by Crippen LogP contribution is -2.33. The molecule has 1 saturated carbocycles. The van der Waals surface area contributed by atoms with E-state index in [9.17, 15) is 0 Å². The van der Waals surface area contributed by atoms with E-state index in [0.717, 1.165) is 11.7 Å². The summed E-state index contributed by atoms with van der Waals surface area (Å²) in [7, 11) is 5.01. The molecule has 0 aliphatic heterocycles. The van der Waals surface area contributed by atoms with Crippen LogP contribution in [-0.2, 0) is 9.47 Å². The SMILES string of the molecule is COc1ccc(C(NCC(OC)OC)C2CC2)cc1. The average molecular weight is 265 g/mol. The van der Waals surface area contributed by atoms with Crippen LogP contribution in [0.4, 0.5) is 0 Å². The number of hydrogen-bond acceptors (Lipinski definition) is 4. The number of hydrogen-bond donors (Lipinski definition) is 1. The second-order valence-electron chi connectivity index (χ2n) is 4.90. The van der Waals surface area contributed by atoms with Crippen molar-refractivity contribution in [2.75, 3.05) is 27.9 Å². The zero-order valence-electron chi connectivity index (χ0n) is 11.9. The van der Waals surface area contributed by atoms with E-state index < -0.39 is 0 Å². The molecule has 0 heterocycles. The minimum Gasteiger partial charge on any atom is -0.497 e. The van der Waals surface area contributed by atoms with E-state index in [1.165, 1.54) is 18.4 Å². The highest BCUT2D eigenvalue weighted by Gasteiger charge is 2.32. The minimum atomic E-state index is -0.195. The second kappa shape index (κ2) is 6.89. The summed E-state index contributed by atoms with van der Waals surface area (Å²) in [6.07, 6.45) is 2.38. The molecule has 4 heteroatoms. The van der Waals surface area contributed by atoms with Gasteiger partial charge in [-0.2, -0.15) is 0 Å². The molecule has 1 aliphatic carbocycles. The Kier molecular flexibility index (Phi) is 5.19. The topological polar surface area (TPSA) is 39.7 Å². The molecule has 106 valence electrons. The summed E-state index contributed by atoms with van der Waals surface area (Å²) >= 11 is 0. The minimum absolute atomic E-state index is 0.195. The van der Waals surface area contributed by atoms with Crippen LogP contribution in [-0.4, -0.2) is 34.2 Å². The Hall–Kier alpha value is -1.10. The molecule has 19 heavy (non-hydrogen) atoms. The molecule has 4 nitrogen and oxygen atoms in total. The summed E-state index contributed by atoms with van der Waals surface area (Å²) in [5.41, 5.74) is 1.30. The van der Waals surface area contributed by atoms with Crippen LogP contribution in [0, 0.1) is 5.92 Å². The second-order valence-corrected chi connectivity index (χ2v) is 4.90. The quantitative estimate of drug-likeness (QED) is 0.732. The monoisotopic (exact) mass is 265 g/mol. The first kappa shape index (κ1) is 14.3. The Morgan fingerprint density at radius 2 is 1.74 bits per heavy atom. The molecule has 0 amide bonds. The van der Waals surface area contributed by atoms with E-state index in [-0.39, 0.29) is 6.29 Å². The van der Waals surface area contributed by atoms with E-state index in [4.69, 9.17) is 14.2 Å². The van der Waals surface area contributed by atoms with E-state index in [2.05, 4.69) is 17.4 Å². The molecule has 0 spiro atoms. The molecule has 1 N–H and O–H groups in total. The van der Waals surface area contributed by atoms with E-state index >= 15 is 0 Å². The largest absolute Gasteiger partial charge is 0.497 e. The molecule has 1 aliphatic rings. The fourth-order valence-electron chi connectivity index (χ4n) is 2.28. The molecule has 1 unspecified atom stereocenters. The molecule has 0 aromatic heterocycles. The first-order chi connectivity index (χ1) is 9.28. The van der Waals surface area contributed by atoms with Gasteiger partial charge in [0, 0.05) is 26.8 Å². The smallest absolute Gasteiger partial charge is 0.169 e. The van der Waals surface area contributed by atoms with Crippen molar-refractivity contribution in [1.82, 2.24) is 5.32 Å². The van der Waals surface area contributed by atoms with Gasteiger partial charge in [0.15, 0.2) is 6.29 Å². The summed E-state index contributed by atoms with van der Waals surface area (Å²) in [6, 6.07) is 8.65. The van der Waals surface area contributed by atoms with Crippen LogP contribution in [0.1, 0.15) is 24.4 Å². The van der Waals surface area contributed by atoms with Gasteiger partial charge in [-0.1, -0.05) is 12.1 Å². The lowest BCUT2D eigenvalue weighted by atomic mass is 10.0. The maximum absolute atomic E-state index is 5.22. The molecule has 1 aromatic rings. The summed E-state index contributed by atoms with van der Waals surface area (Å²) < 4.78 is 15.6. The highest BCUT2D eigenvalue weighted by atomic mass is 16.7. The highest BCUT2D eigenvalue weighted by molar-refractivity contribution is 5.30. The van der Waals surface area contributed by atoms with Gasteiger partial charge in [-0.25, -0.2) is 0 Å². The fraction of sp³-hybridized carbons (Fsp3) is 0.600. The number of ether oxygens (including phenoxy) is 3. The van der Waals surface area contributed by atoms with Crippen molar-refractivity contribution in [2.24, 2.45) is 5.92 Å². The van der Waals surface area contributed by atoms with Gasteiger partial charge in [0.2, 0.25) is 0 Å². The standard InChI is InChI=1S/C15H23NO3/c1-17-13-8-6-12(7-9-13)15(11-4-5-11)16-10-14(18-2)19-3/h6-9,11,14-16H,4-5,10H2,1-3H3. The Labute approximate surface area is 115 Å². The van der Waals surface area contributed by atoms with Crippen molar-refractivity contribution in [1.29, 1.82) is 0 Å². The van der Waals surface area contributed by atoms with Gasteiger partial charge in [-0.15, -0.1) is 0 Å². The fourth-order valence-corrected chi connectivity index (χ4v) is 2.28. The van der Waals surface area contributed by atoms with Crippen LogP contribution in [0.5, 0.6) is 5.75 Å². The van der Waals surface area contributed by atoms with Gasteiger partial charge in [-0.3, -0.25) is 0 Å². The van der Waals surface area contributed by atoms with Crippen molar-refractivity contribution in [3.8, 4) is 5.75 Å². The first-order valence-corrected chi connectivity index (χ1v) is 6.71. The molecule has 0 radical (unpaired) electrons. The third-order valence-corrected chi connectivity index (χ3v) is 3.60. The molecule has 2 rings (SSSR count). The van der Waals surface area contributed by atoms with E-state index in [1.807, 2.05) is 12.1 Å². The van der Waals surface area contributed by atoms with Crippen molar-refractivity contribution >= 4 is 0 Å². The lowest BCUT2D eigenvalue weighted by molar-refractivity contribution is -0.100. The van der Waals surface area contributed by atoms with Crippen LogP contribution in [0.25, 0.3) is 0 Å². The predicted octanol–water partition coefficient (Wildman–Crippen LogP) is 2.35. The number of rotatable bonds is 8. The highest BCUT2D eigenvalue weighted by Crippen LogP contribution is 2.41. The number of benzene rings is 1. The van der Waals surface area contributed by atoms with E-state index in [1.54, 1.807) is 21.3 Å². The lowest BCUT2D eigenvalue weighted by Gasteiger charge is -2.22. The van der Waals surface area contributed by atoms with Crippen molar-refractivity contribution in [2.45, 2.75) is 25.2 Å². The number of nitrogens with one attached hydrogen (secondary N) is 1. The Bertz CT molecular complexity index is 371. The van der Waals surface area contributed by atoms with Crippen LogP contribution in [0.15, 0.2) is 24.3 Å². The summed E-state index contributed by atoms with van der Waals surface area (Å²) in [5, 5.41) is 3.55. The van der Waals surface area contributed by atoms with Gasteiger partial charge in [0.1, 0.15) is 5.75 Å². The summed E-state index contributed by atoms with van der Waals surface area (Å²) in [5.74, 6) is 1.62. The summed E-state index contributed by atoms with van der Waals surface area (Å²) in [6.45, 7) is 0.695. The maximum atomic E-state index is 5.22. The Balaban J connectivity index is 1.98. The predicted molar refractivity (Wildman–Crippen MR) is 74.3 cm³/mol. The summed E-state index contributed by atoms with van der Waals surface area (Å²) in [4.78, 5) is 0. The van der Waals surface area contributed by atoms with Gasteiger partial charge in [0.25, 0.3) is 0 Å². The van der Waals surface area contributed by atoms with Crippen LogP contribution in [0.3, 0.4) is 0 Å². The van der Waals surface area contributed by atoms with Crippen LogP contribution in [0.2, 0.25) is 0 Å². The molecular weight excluding hydrogens is 242 g/mol.